The summed E-state index contributed by atoms with van der Waals surface area (Å²) in [6, 6.07) is 24.5. The van der Waals surface area contributed by atoms with Crippen LogP contribution in [0.3, 0.4) is 0 Å². The standard InChI is InChI=1S/C22H18N4O2/c1-16-7-11-18(12-8-16)26-15-23-21(25-26)22(27)24-17-9-13-20(14-10-17)28-19-5-3-2-4-6-19/h2-15H,1H3,(H,24,27). The van der Waals surface area contributed by atoms with Crippen molar-refractivity contribution >= 4 is 11.6 Å². The first-order valence-corrected chi connectivity index (χ1v) is 8.80. The molecule has 0 unspecified atom stereocenters. The molecule has 0 aliphatic rings. The molecule has 138 valence electrons. The number of aryl methyl sites for hydroxylation is 1. The van der Waals surface area contributed by atoms with Crippen LogP contribution in [-0.2, 0) is 0 Å². The number of carbonyl (C=O) groups is 1. The van der Waals surface area contributed by atoms with Crippen molar-refractivity contribution in [3.8, 4) is 17.2 Å². The molecule has 6 nitrogen and oxygen atoms in total. The van der Waals surface area contributed by atoms with Gasteiger partial charge in [-0.25, -0.2) is 9.67 Å². The van der Waals surface area contributed by atoms with Gasteiger partial charge in [0.1, 0.15) is 17.8 Å². The molecule has 28 heavy (non-hydrogen) atoms. The molecule has 0 radical (unpaired) electrons. The molecule has 0 saturated heterocycles. The van der Waals surface area contributed by atoms with E-state index in [0.717, 1.165) is 17.0 Å². The molecule has 0 aliphatic carbocycles. The first-order chi connectivity index (χ1) is 13.7. The van der Waals surface area contributed by atoms with Crippen molar-refractivity contribution in [1.29, 1.82) is 0 Å². The van der Waals surface area contributed by atoms with E-state index in [-0.39, 0.29) is 11.7 Å². The minimum absolute atomic E-state index is 0.102. The lowest BCUT2D eigenvalue weighted by molar-refractivity contribution is 0.101. The maximum atomic E-state index is 12.4. The van der Waals surface area contributed by atoms with E-state index in [2.05, 4.69) is 15.4 Å². The third kappa shape index (κ3) is 4.07. The van der Waals surface area contributed by atoms with Gasteiger partial charge in [-0.1, -0.05) is 35.9 Å². The molecule has 1 N–H and O–H groups in total. The highest BCUT2D eigenvalue weighted by Crippen LogP contribution is 2.22. The first-order valence-electron chi connectivity index (χ1n) is 8.80. The molecule has 4 rings (SSSR count). The Labute approximate surface area is 162 Å². The van der Waals surface area contributed by atoms with Crippen molar-refractivity contribution in [3.63, 3.8) is 0 Å². The number of rotatable bonds is 5. The number of nitrogens with zero attached hydrogens (tertiary/aromatic N) is 3. The van der Waals surface area contributed by atoms with Crippen LogP contribution >= 0.6 is 0 Å². The van der Waals surface area contributed by atoms with Crippen LogP contribution in [0.2, 0.25) is 0 Å². The zero-order chi connectivity index (χ0) is 19.3. The monoisotopic (exact) mass is 370 g/mol. The van der Waals surface area contributed by atoms with Crippen LogP contribution in [0.4, 0.5) is 5.69 Å². The van der Waals surface area contributed by atoms with Crippen molar-refractivity contribution < 1.29 is 9.53 Å². The highest BCUT2D eigenvalue weighted by molar-refractivity contribution is 6.01. The fourth-order valence-corrected chi connectivity index (χ4v) is 2.61. The van der Waals surface area contributed by atoms with E-state index >= 15 is 0 Å². The summed E-state index contributed by atoms with van der Waals surface area (Å²) in [7, 11) is 0. The third-order valence-corrected chi connectivity index (χ3v) is 4.08. The minimum atomic E-state index is -0.373. The van der Waals surface area contributed by atoms with E-state index in [9.17, 15) is 4.79 Å². The topological polar surface area (TPSA) is 69.0 Å². The molecular formula is C22H18N4O2. The summed E-state index contributed by atoms with van der Waals surface area (Å²) in [5, 5.41) is 7.04. The average Bonchev–Trinajstić information content (AvgIpc) is 3.21. The number of ether oxygens (including phenoxy) is 1. The smallest absolute Gasteiger partial charge is 0.295 e. The molecule has 4 aromatic rings. The number of para-hydroxylation sites is 1. The molecule has 3 aromatic carbocycles. The second-order valence-corrected chi connectivity index (χ2v) is 6.24. The SMILES string of the molecule is Cc1ccc(-n2cnc(C(=O)Nc3ccc(Oc4ccccc4)cc3)n2)cc1. The quantitative estimate of drug-likeness (QED) is 0.556. The first kappa shape index (κ1) is 17.5. The van der Waals surface area contributed by atoms with Crippen LogP contribution in [0, 0.1) is 6.92 Å². The minimum Gasteiger partial charge on any atom is -0.457 e. The lowest BCUT2D eigenvalue weighted by atomic mass is 10.2. The Bertz CT molecular complexity index is 1070. The van der Waals surface area contributed by atoms with Gasteiger partial charge < -0.3 is 10.1 Å². The number of amides is 1. The van der Waals surface area contributed by atoms with Crippen LogP contribution in [0.25, 0.3) is 5.69 Å². The van der Waals surface area contributed by atoms with Crippen LogP contribution in [-0.4, -0.2) is 20.7 Å². The Morgan fingerprint density at radius 1 is 0.893 bits per heavy atom. The predicted octanol–water partition coefficient (Wildman–Crippen LogP) is 4.62. The van der Waals surface area contributed by atoms with Gasteiger partial charge in [0.05, 0.1) is 5.69 Å². The van der Waals surface area contributed by atoms with Gasteiger partial charge in [-0.2, -0.15) is 0 Å². The second kappa shape index (κ2) is 7.75. The summed E-state index contributed by atoms with van der Waals surface area (Å²) in [6.07, 6.45) is 1.52. The number of hydrogen-bond acceptors (Lipinski definition) is 4. The van der Waals surface area contributed by atoms with E-state index in [1.54, 1.807) is 28.9 Å². The molecule has 0 aliphatic heterocycles. The number of anilines is 1. The predicted molar refractivity (Wildman–Crippen MR) is 107 cm³/mol. The Kier molecular flexibility index (Phi) is 4.84. The van der Waals surface area contributed by atoms with Gasteiger partial charge in [0.2, 0.25) is 5.82 Å². The maximum absolute atomic E-state index is 12.4. The summed E-state index contributed by atoms with van der Waals surface area (Å²) in [4.78, 5) is 16.5. The summed E-state index contributed by atoms with van der Waals surface area (Å²) >= 11 is 0. The fourth-order valence-electron chi connectivity index (χ4n) is 2.61. The number of hydrogen-bond donors (Lipinski definition) is 1. The van der Waals surface area contributed by atoms with Gasteiger partial charge in [0.25, 0.3) is 5.91 Å². The van der Waals surface area contributed by atoms with Gasteiger partial charge in [-0.05, 0) is 55.5 Å². The average molecular weight is 370 g/mol. The summed E-state index contributed by atoms with van der Waals surface area (Å²) in [6.45, 7) is 2.01. The Balaban J connectivity index is 1.41. The highest BCUT2D eigenvalue weighted by Gasteiger charge is 2.12. The fraction of sp³-hybridized carbons (Fsp3) is 0.0455. The van der Waals surface area contributed by atoms with Gasteiger partial charge in [0, 0.05) is 5.69 Å². The van der Waals surface area contributed by atoms with E-state index in [1.807, 2.05) is 61.5 Å². The number of aromatic nitrogens is 3. The Morgan fingerprint density at radius 2 is 1.57 bits per heavy atom. The van der Waals surface area contributed by atoms with E-state index in [0.29, 0.717) is 11.4 Å². The summed E-state index contributed by atoms with van der Waals surface area (Å²) < 4.78 is 7.32. The van der Waals surface area contributed by atoms with Crippen molar-refractivity contribution in [2.75, 3.05) is 5.32 Å². The van der Waals surface area contributed by atoms with Gasteiger partial charge in [-0.3, -0.25) is 4.79 Å². The molecule has 0 atom stereocenters. The van der Waals surface area contributed by atoms with Crippen LogP contribution in [0.1, 0.15) is 16.2 Å². The van der Waals surface area contributed by atoms with Crippen molar-refractivity contribution in [2.24, 2.45) is 0 Å². The molecular weight excluding hydrogens is 352 g/mol. The van der Waals surface area contributed by atoms with Crippen LogP contribution < -0.4 is 10.1 Å². The lowest BCUT2D eigenvalue weighted by Gasteiger charge is -2.07. The van der Waals surface area contributed by atoms with E-state index in [4.69, 9.17) is 4.74 Å². The van der Waals surface area contributed by atoms with Gasteiger partial charge in [0.15, 0.2) is 0 Å². The van der Waals surface area contributed by atoms with Crippen LogP contribution in [0.15, 0.2) is 85.2 Å². The third-order valence-electron chi connectivity index (χ3n) is 4.08. The number of carbonyl (C=O) groups excluding carboxylic acids is 1. The molecule has 0 bridgehead atoms. The number of nitrogens with one attached hydrogen (secondary N) is 1. The normalized spacial score (nSPS) is 10.5. The summed E-state index contributed by atoms with van der Waals surface area (Å²) in [5.74, 6) is 1.17. The maximum Gasteiger partial charge on any atom is 0.295 e. The van der Waals surface area contributed by atoms with Gasteiger partial charge in [-0.15, -0.1) is 5.10 Å². The zero-order valence-electron chi connectivity index (χ0n) is 15.2. The Hall–Kier alpha value is -3.93. The van der Waals surface area contributed by atoms with Crippen molar-refractivity contribution in [3.05, 3.63) is 96.6 Å². The molecule has 1 heterocycles. The molecule has 0 saturated carbocycles. The van der Waals surface area contributed by atoms with Gasteiger partial charge >= 0.3 is 0 Å². The number of benzene rings is 3. The Morgan fingerprint density at radius 3 is 2.29 bits per heavy atom. The second-order valence-electron chi connectivity index (χ2n) is 6.24. The zero-order valence-corrected chi connectivity index (χ0v) is 15.2. The largest absolute Gasteiger partial charge is 0.457 e. The van der Waals surface area contributed by atoms with Crippen molar-refractivity contribution in [2.45, 2.75) is 6.92 Å². The molecule has 0 spiro atoms. The lowest BCUT2D eigenvalue weighted by Crippen LogP contribution is -2.14. The van der Waals surface area contributed by atoms with Crippen LogP contribution in [0.5, 0.6) is 11.5 Å². The van der Waals surface area contributed by atoms with E-state index < -0.39 is 0 Å². The molecule has 1 amide bonds. The highest BCUT2D eigenvalue weighted by atomic mass is 16.5. The molecule has 1 aromatic heterocycles. The summed E-state index contributed by atoms with van der Waals surface area (Å²) in [5.41, 5.74) is 2.64. The van der Waals surface area contributed by atoms with E-state index in [1.165, 1.54) is 6.33 Å². The molecule has 6 heteroatoms. The molecule has 0 fully saturated rings. The van der Waals surface area contributed by atoms with Crippen molar-refractivity contribution in [1.82, 2.24) is 14.8 Å².